The smallest absolute Gasteiger partial charge is 0.322 e. The minimum absolute atomic E-state index is 0.0224. The van der Waals surface area contributed by atoms with Gasteiger partial charge >= 0.3 is 12.0 Å². The van der Waals surface area contributed by atoms with Crippen LogP contribution in [0.15, 0.2) is 72.8 Å². The lowest BCUT2D eigenvalue weighted by atomic mass is 9.84. The van der Waals surface area contributed by atoms with E-state index in [0.717, 1.165) is 11.1 Å². The van der Waals surface area contributed by atoms with Gasteiger partial charge in [-0.1, -0.05) is 73.3 Å². The number of hydrogen-bond acceptors (Lipinski definition) is 3. The molecule has 0 radical (unpaired) electrons. The number of anilines is 1. The summed E-state index contributed by atoms with van der Waals surface area (Å²) < 4.78 is 0. The molecule has 0 heterocycles. The monoisotopic (exact) mass is 561 g/mol. The molecular weight excluding hydrogens is 526 g/mol. The number of aliphatic carboxylic acids is 1. The van der Waals surface area contributed by atoms with E-state index in [1.165, 1.54) is 37.7 Å². The molecule has 0 aromatic heterocycles. The van der Waals surface area contributed by atoms with Crippen molar-refractivity contribution in [2.24, 2.45) is 0 Å². The molecule has 1 aliphatic rings. The molecule has 3 aromatic rings. The number of urea groups is 1. The highest BCUT2D eigenvalue weighted by Crippen LogP contribution is 2.33. The fraction of sp³-hybridized carbons (Fsp3) is 0.344. The Morgan fingerprint density at radius 2 is 1.68 bits per heavy atom. The first kappa shape index (κ1) is 29.2. The van der Waals surface area contributed by atoms with Crippen molar-refractivity contribution in [1.82, 2.24) is 10.6 Å². The van der Waals surface area contributed by atoms with Crippen molar-refractivity contribution in [2.75, 3.05) is 11.4 Å². The quantitative estimate of drug-likeness (QED) is 0.246. The molecule has 1 aliphatic carbocycles. The molecule has 1 saturated carbocycles. The van der Waals surface area contributed by atoms with Crippen LogP contribution in [0.1, 0.15) is 84.5 Å². The third-order valence-corrected chi connectivity index (χ3v) is 7.65. The lowest BCUT2D eigenvalue weighted by molar-refractivity contribution is -0.136. The topological polar surface area (TPSA) is 98.7 Å². The number of carboxylic acids is 1. The molecule has 0 saturated heterocycles. The van der Waals surface area contributed by atoms with Crippen molar-refractivity contribution in [2.45, 2.75) is 64.0 Å². The summed E-state index contributed by atoms with van der Waals surface area (Å²) in [5.74, 6) is -0.783. The van der Waals surface area contributed by atoms with E-state index in [1.54, 1.807) is 41.3 Å². The van der Waals surface area contributed by atoms with E-state index in [0.29, 0.717) is 28.7 Å². The molecule has 1 fully saturated rings. The molecule has 1 atom stereocenters. The number of nitrogens with zero attached hydrogens (tertiary/aromatic N) is 1. The molecule has 3 amide bonds. The summed E-state index contributed by atoms with van der Waals surface area (Å²) in [7, 11) is 0. The number of carbonyl (C=O) groups excluding carboxylic acids is 2. The van der Waals surface area contributed by atoms with E-state index in [-0.39, 0.29) is 25.0 Å². The van der Waals surface area contributed by atoms with Crippen LogP contribution in [0.25, 0.3) is 0 Å². The Bertz CT molecular complexity index is 1300. The maximum Gasteiger partial charge on any atom is 0.322 e. The highest BCUT2D eigenvalue weighted by molar-refractivity contribution is 6.30. The zero-order chi connectivity index (χ0) is 28.5. The molecule has 7 nitrogen and oxygen atoms in total. The summed E-state index contributed by atoms with van der Waals surface area (Å²) >= 11 is 6.03. The van der Waals surface area contributed by atoms with Crippen LogP contribution in [0.2, 0.25) is 5.02 Å². The van der Waals surface area contributed by atoms with E-state index in [1.807, 2.05) is 19.1 Å². The van der Waals surface area contributed by atoms with Crippen LogP contribution in [-0.2, 0) is 11.3 Å². The molecule has 8 heteroatoms. The molecular formula is C32H36ClN3O4. The Hall–Kier alpha value is -3.84. The Kier molecular flexibility index (Phi) is 10.2. The van der Waals surface area contributed by atoms with Crippen LogP contribution in [0.3, 0.4) is 0 Å². The van der Waals surface area contributed by atoms with E-state index >= 15 is 0 Å². The SMILES string of the molecule is CC(NC(=O)N(Cc1ccc(C2CCCCC2)cc1)c1cccc(C(=O)NCCC(=O)O)c1)c1ccc(Cl)cc1. The second-order valence-corrected chi connectivity index (χ2v) is 10.8. The Morgan fingerprint density at radius 1 is 0.975 bits per heavy atom. The van der Waals surface area contributed by atoms with Gasteiger partial charge in [0.05, 0.1) is 19.0 Å². The van der Waals surface area contributed by atoms with Crippen LogP contribution in [0, 0.1) is 0 Å². The number of carbonyl (C=O) groups is 3. The second-order valence-electron chi connectivity index (χ2n) is 10.3. The fourth-order valence-corrected chi connectivity index (χ4v) is 5.22. The summed E-state index contributed by atoms with van der Waals surface area (Å²) in [6, 6.07) is 22.1. The van der Waals surface area contributed by atoms with Gasteiger partial charge in [0.1, 0.15) is 0 Å². The minimum Gasteiger partial charge on any atom is -0.481 e. The molecule has 4 rings (SSSR count). The molecule has 0 bridgehead atoms. The van der Waals surface area contributed by atoms with Gasteiger partial charge in [0, 0.05) is 22.8 Å². The summed E-state index contributed by atoms with van der Waals surface area (Å²) in [5, 5.41) is 15.2. The molecule has 3 aromatic carbocycles. The standard InChI is InChI=1S/C32H36ClN3O4/c1-22(24-14-16-28(33)17-15-24)35-32(40)36(21-23-10-12-26(13-11-23)25-6-3-2-4-7-25)29-9-5-8-27(20-29)31(39)34-19-18-30(37)38/h5,8-17,20,22,25H,2-4,6-7,18-19,21H2,1H3,(H,34,39)(H,35,40)(H,37,38). The highest BCUT2D eigenvalue weighted by Gasteiger charge is 2.21. The average Bonchev–Trinajstić information content (AvgIpc) is 2.96. The second kappa shape index (κ2) is 14.0. The Balaban J connectivity index is 1.55. The molecule has 1 unspecified atom stereocenters. The minimum atomic E-state index is -0.985. The van der Waals surface area contributed by atoms with Crippen LogP contribution in [-0.4, -0.2) is 29.6 Å². The van der Waals surface area contributed by atoms with E-state index in [9.17, 15) is 14.4 Å². The summed E-state index contributed by atoms with van der Waals surface area (Å²) in [6.07, 6.45) is 6.12. The summed E-state index contributed by atoms with van der Waals surface area (Å²) in [4.78, 5) is 38.8. The maximum atomic E-state index is 13.7. The Morgan fingerprint density at radius 3 is 2.35 bits per heavy atom. The normalized spacial score (nSPS) is 14.2. The number of amides is 3. The third kappa shape index (κ3) is 8.09. The van der Waals surface area contributed by atoms with Crippen molar-refractivity contribution >= 4 is 35.2 Å². The number of hydrogen-bond donors (Lipinski definition) is 3. The van der Waals surface area contributed by atoms with Gasteiger partial charge in [0.2, 0.25) is 0 Å². The summed E-state index contributed by atoms with van der Waals surface area (Å²) in [5.41, 5.74) is 4.14. The van der Waals surface area contributed by atoms with Gasteiger partial charge in [-0.05, 0) is 72.7 Å². The zero-order valence-electron chi connectivity index (χ0n) is 22.7. The first-order valence-electron chi connectivity index (χ1n) is 13.8. The van der Waals surface area contributed by atoms with Crippen molar-refractivity contribution in [3.8, 4) is 0 Å². The fourth-order valence-electron chi connectivity index (χ4n) is 5.09. The maximum absolute atomic E-state index is 13.7. The zero-order valence-corrected chi connectivity index (χ0v) is 23.5. The van der Waals surface area contributed by atoms with E-state index in [2.05, 4.69) is 34.9 Å². The third-order valence-electron chi connectivity index (χ3n) is 7.40. The van der Waals surface area contributed by atoms with Gasteiger partial charge in [-0.15, -0.1) is 0 Å². The van der Waals surface area contributed by atoms with Crippen LogP contribution >= 0.6 is 11.6 Å². The average molecular weight is 562 g/mol. The van der Waals surface area contributed by atoms with Gasteiger partial charge in [-0.3, -0.25) is 14.5 Å². The number of carboxylic acid groups (broad SMARTS) is 1. The highest BCUT2D eigenvalue weighted by atomic mass is 35.5. The van der Waals surface area contributed by atoms with Crippen LogP contribution < -0.4 is 15.5 Å². The van der Waals surface area contributed by atoms with Gasteiger partial charge in [0.25, 0.3) is 5.91 Å². The van der Waals surface area contributed by atoms with Crippen molar-refractivity contribution in [1.29, 1.82) is 0 Å². The van der Waals surface area contributed by atoms with Gasteiger partial charge in [-0.25, -0.2) is 4.79 Å². The van der Waals surface area contributed by atoms with Gasteiger partial charge in [-0.2, -0.15) is 0 Å². The molecule has 0 spiro atoms. The Labute approximate surface area is 240 Å². The molecule has 0 aliphatic heterocycles. The number of benzene rings is 3. The van der Waals surface area contributed by atoms with Crippen molar-refractivity contribution in [3.05, 3.63) is 100 Å². The van der Waals surface area contributed by atoms with Crippen LogP contribution in [0.4, 0.5) is 10.5 Å². The van der Waals surface area contributed by atoms with Crippen molar-refractivity contribution < 1.29 is 19.5 Å². The number of rotatable bonds is 10. The predicted molar refractivity (Wildman–Crippen MR) is 158 cm³/mol. The molecule has 3 N–H and O–H groups in total. The lowest BCUT2D eigenvalue weighted by Gasteiger charge is -2.27. The first-order chi connectivity index (χ1) is 19.3. The largest absolute Gasteiger partial charge is 0.481 e. The first-order valence-corrected chi connectivity index (χ1v) is 14.2. The summed E-state index contributed by atoms with van der Waals surface area (Å²) in [6.45, 7) is 2.24. The number of nitrogens with one attached hydrogen (secondary N) is 2. The van der Waals surface area contributed by atoms with Crippen LogP contribution in [0.5, 0.6) is 0 Å². The molecule has 40 heavy (non-hydrogen) atoms. The number of halogens is 1. The lowest BCUT2D eigenvalue weighted by Crippen LogP contribution is -2.41. The van der Waals surface area contributed by atoms with Crippen molar-refractivity contribution in [3.63, 3.8) is 0 Å². The van der Waals surface area contributed by atoms with Gasteiger partial charge in [0.15, 0.2) is 0 Å². The predicted octanol–water partition coefficient (Wildman–Crippen LogP) is 7.07. The van der Waals surface area contributed by atoms with E-state index in [4.69, 9.17) is 16.7 Å². The molecule has 210 valence electrons. The van der Waals surface area contributed by atoms with Gasteiger partial charge < -0.3 is 15.7 Å². The van der Waals surface area contributed by atoms with E-state index < -0.39 is 11.9 Å².